The van der Waals surface area contributed by atoms with Crippen LogP contribution in [-0.4, -0.2) is 55.1 Å². The van der Waals surface area contributed by atoms with E-state index >= 15 is 0 Å². The van der Waals surface area contributed by atoms with Crippen LogP contribution in [0.25, 0.3) is 0 Å². The smallest absolute Gasteiger partial charge is 0.317 e. The van der Waals surface area contributed by atoms with E-state index < -0.39 is 0 Å². The number of carbonyl (C=O) groups excluding carboxylic acids is 1. The van der Waals surface area contributed by atoms with Gasteiger partial charge < -0.3 is 15.1 Å². The first-order valence-electron chi connectivity index (χ1n) is 8.70. The Hall–Kier alpha value is -1.62. The van der Waals surface area contributed by atoms with E-state index in [9.17, 15) is 9.18 Å². The first-order chi connectivity index (χ1) is 11.2. The van der Waals surface area contributed by atoms with Crippen LogP contribution in [0.3, 0.4) is 0 Å². The minimum atomic E-state index is -0.224. The minimum absolute atomic E-state index is 0.0188. The second-order valence-corrected chi connectivity index (χ2v) is 6.72. The molecular weight excluding hydrogens is 293 g/mol. The molecule has 2 fully saturated rings. The van der Waals surface area contributed by atoms with Gasteiger partial charge in [-0.3, -0.25) is 0 Å². The Morgan fingerprint density at radius 2 is 2.09 bits per heavy atom. The summed E-state index contributed by atoms with van der Waals surface area (Å²) in [4.78, 5) is 16.7. The molecule has 2 aliphatic rings. The molecule has 0 spiro atoms. The molecule has 1 aromatic rings. The van der Waals surface area contributed by atoms with Gasteiger partial charge in [0.05, 0.1) is 0 Å². The fraction of sp³-hybridized carbons (Fsp3) is 0.611. The van der Waals surface area contributed by atoms with Crippen LogP contribution in [-0.2, 0) is 6.42 Å². The van der Waals surface area contributed by atoms with Gasteiger partial charge in [0.15, 0.2) is 0 Å². The van der Waals surface area contributed by atoms with Crippen LogP contribution in [0, 0.1) is 11.7 Å². The van der Waals surface area contributed by atoms with Gasteiger partial charge in [0.2, 0.25) is 0 Å². The number of urea groups is 1. The van der Waals surface area contributed by atoms with E-state index in [0.717, 1.165) is 31.6 Å². The Bertz CT molecular complexity index is 531. The largest absolute Gasteiger partial charge is 0.338 e. The summed E-state index contributed by atoms with van der Waals surface area (Å²) in [5.41, 5.74) is 0.915. The lowest BCUT2D eigenvalue weighted by molar-refractivity contribution is 0.204. The van der Waals surface area contributed by atoms with Crippen molar-refractivity contribution in [2.24, 2.45) is 5.92 Å². The van der Waals surface area contributed by atoms with E-state index in [4.69, 9.17) is 0 Å². The summed E-state index contributed by atoms with van der Waals surface area (Å²) in [5.74, 6) is 0.389. The van der Waals surface area contributed by atoms with Crippen molar-refractivity contribution in [2.45, 2.75) is 25.7 Å². The minimum Gasteiger partial charge on any atom is -0.338 e. The molecule has 0 aliphatic carbocycles. The maximum absolute atomic E-state index is 13.1. The van der Waals surface area contributed by atoms with Crippen molar-refractivity contribution in [1.82, 2.24) is 15.1 Å². The fourth-order valence-corrected chi connectivity index (χ4v) is 3.61. The quantitative estimate of drug-likeness (QED) is 0.905. The number of hydrogen-bond acceptors (Lipinski definition) is 2. The van der Waals surface area contributed by atoms with Crippen molar-refractivity contribution in [3.63, 3.8) is 0 Å². The molecule has 2 amide bonds. The van der Waals surface area contributed by atoms with E-state index in [0.29, 0.717) is 18.9 Å². The van der Waals surface area contributed by atoms with Gasteiger partial charge in [-0.25, -0.2) is 9.18 Å². The molecule has 2 saturated heterocycles. The summed E-state index contributed by atoms with van der Waals surface area (Å²) in [6, 6.07) is 6.57. The van der Waals surface area contributed by atoms with Crippen molar-refractivity contribution >= 4 is 6.03 Å². The molecule has 23 heavy (non-hydrogen) atoms. The van der Waals surface area contributed by atoms with Crippen LogP contribution in [0.2, 0.25) is 0 Å². The van der Waals surface area contributed by atoms with Gasteiger partial charge >= 0.3 is 6.03 Å². The molecule has 0 saturated carbocycles. The number of hydrogen-bond donors (Lipinski definition) is 1. The lowest BCUT2D eigenvalue weighted by atomic mass is 10.1. The maximum Gasteiger partial charge on any atom is 0.317 e. The van der Waals surface area contributed by atoms with Crippen molar-refractivity contribution in [2.75, 3.05) is 39.3 Å². The summed E-state index contributed by atoms with van der Waals surface area (Å²) in [5, 5.41) is 2.96. The Balaban J connectivity index is 1.37. The molecule has 5 heteroatoms. The Morgan fingerprint density at radius 1 is 1.26 bits per heavy atom. The molecule has 2 heterocycles. The van der Waals surface area contributed by atoms with Gasteiger partial charge in [-0.05, 0) is 62.4 Å². The van der Waals surface area contributed by atoms with E-state index in [1.807, 2.05) is 11.0 Å². The van der Waals surface area contributed by atoms with Crippen molar-refractivity contribution in [1.29, 1.82) is 0 Å². The standard InChI is InChI=1S/C18H26FN3O/c19-17-5-3-4-15(12-17)6-8-20-18(23)22-11-7-16(14-22)13-21-9-1-2-10-21/h3-5,12,16H,1-2,6-11,13-14H2,(H,20,23). The molecular formula is C18H26FN3O. The second kappa shape index (κ2) is 7.77. The molecule has 1 unspecified atom stereocenters. The molecule has 3 rings (SSSR count). The van der Waals surface area contributed by atoms with Gasteiger partial charge in [-0.15, -0.1) is 0 Å². The average Bonchev–Trinajstić information content (AvgIpc) is 3.19. The van der Waals surface area contributed by atoms with Gasteiger partial charge in [0.25, 0.3) is 0 Å². The summed E-state index contributed by atoms with van der Waals surface area (Å²) >= 11 is 0. The number of benzene rings is 1. The number of halogens is 1. The zero-order valence-corrected chi connectivity index (χ0v) is 13.6. The number of amides is 2. The molecule has 1 N–H and O–H groups in total. The third kappa shape index (κ3) is 4.67. The SMILES string of the molecule is O=C(NCCc1cccc(F)c1)N1CCC(CN2CCCC2)C1. The predicted molar refractivity (Wildman–Crippen MR) is 88.9 cm³/mol. The molecule has 1 atom stereocenters. The number of nitrogens with one attached hydrogen (secondary N) is 1. The number of nitrogens with zero attached hydrogens (tertiary/aromatic N) is 2. The Morgan fingerprint density at radius 3 is 2.87 bits per heavy atom. The van der Waals surface area contributed by atoms with Crippen LogP contribution in [0.5, 0.6) is 0 Å². The van der Waals surface area contributed by atoms with Gasteiger partial charge in [-0.2, -0.15) is 0 Å². The summed E-state index contributed by atoms with van der Waals surface area (Å²) in [6.07, 6.45) is 4.40. The van der Waals surface area contributed by atoms with Gasteiger partial charge in [0.1, 0.15) is 5.82 Å². The second-order valence-electron chi connectivity index (χ2n) is 6.72. The fourth-order valence-electron chi connectivity index (χ4n) is 3.61. The average molecular weight is 319 g/mol. The molecule has 2 aliphatic heterocycles. The number of likely N-dealkylation sites (tertiary alicyclic amines) is 2. The third-order valence-electron chi connectivity index (χ3n) is 4.87. The molecule has 1 aromatic carbocycles. The first-order valence-corrected chi connectivity index (χ1v) is 8.70. The summed E-state index contributed by atoms with van der Waals surface area (Å²) < 4.78 is 13.1. The van der Waals surface area contributed by atoms with Crippen LogP contribution in [0.4, 0.5) is 9.18 Å². The van der Waals surface area contributed by atoms with E-state index in [-0.39, 0.29) is 11.8 Å². The van der Waals surface area contributed by atoms with Crippen LogP contribution < -0.4 is 5.32 Å². The molecule has 0 bridgehead atoms. The highest BCUT2D eigenvalue weighted by Crippen LogP contribution is 2.19. The normalized spacial score (nSPS) is 21.8. The summed E-state index contributed by atoms with van der Waals surface area (Å²) in [6.45, 7) is 5.84. The van der Waals surface area contributed by atoms with Gasteiger partial charge in [0, 0.05) is 26.2 Å². The zero-order chi connectivity index (χ0) is 16.1. The maximum atomic E-state index is 13.1. The van der Waals surface area contributed by atoms with E-state index in [2.05, 4.69) is 10.2 Å². The van der Waals surface area contributed by atoms with Crippen LogP contribution in [0.1, 0.15) is 24.8 Å². The van der Waals surface area contributed by atoms with Gasteiger partial charge in [-0.1, -0.05) is 12.1 Å². The lowest BCUT2D eigenvalue weighted by Crippen LogP contribution is -2.40. The van der Waals surface area contributed by atoms with Crippen molar-refractivity contribution < 1.29 is 9.18 Å². The Kier molecular flexibility index (Phi) is 5.49. The van der Waals surface area contributed by atoms with Crippen LogP contribution in [0.15, 0.2) is 24.3 Å². The van der Waals surface area contributed by atoms with Crippen molar-refractivity contribution in [3.05, 3.63) is 35.6 Å². The topological polar surface area (TPSA) is 35.6 Å². The number of carbonyl (C=O) groups is 1. The highest BCUT2D eigenvalue weighted by molar-refractivity contribution is 5.74. The third-order valence-corrected chi connectivity index (χ3v) is 4.87. The number of rotatable bonds is 5. The highest BCUT2D eigenvalue weighted by atomic mass is 19.1. The molecule has 4 nitrogen and oxygen atoms in total. The molecule has 0 radical (unpaired) electrons. The lowest BCUT2D eigenvalue weighted by Gasteiger charge is -2.21. The van der Waals surface area contributed by atoms with E-state index in [1.165, 1.54) is 38.1 Å². The Labute approximate surface area is 137 Å². The molecule has 0 aromatic heterocycles. The monoisotopic (exact) mass is 319 g/mol. The van der Waals surface area contributed by atoms with Crippen molar-refractivity contribution in [3.8, 4) is 0 Å². The zero-order valence-electron chi connectivity index (χ0n) is 13.6. The van der Waals surface area contributed by atoms with E-state index in [1.54, 1.807) is 6.07 Å². The van der Waals surface area contributed by atoms with Crippen LogP contribution >= 0.6 is 0 Å². The first kappa shape index (κ1) is 16.2. The predicted octanol–water partition coefficient (Wildman–Crippen LogP) is 2.50. The highest BCUT2D eigenvalue weighted by Gasteiger charge is 2.28. The summed E-state index contributed by atoms with van der Waals surface area (Å²) in [7, 11) is 0. The molecule has 126 valence electrons.